The van der Waals surface area contributed by atoms with E-state index in [1.165, 1.54) is 0 Å². The highest BCUT2D eigenvalue weighted by Gasteiger charge is 2.07. The fourth-order valence-electron chi connectivity index (χ4n) is 1.10. The third kappa shape index (κ3) is 3.14. The molecule has 0 atom stereocenters. The molecule has 0 aliphatic heterocycles. The first-order valence-electron chi connectivity index (χ1n) is 4.57. The van der Waals surface area contributed by atoms with Crippen LogP contribution in [0.1, 0.15) is 19.4 Å². The maximum absolute atomic E-state index is 11.4. The summed E-state index contributed by atoms with van der Waals surface area (Å²) in [5, 5.41) is 2.85. The van der Waals surface area contributed by atoms with Gasteiger partial charge in [0.1, 0.15) is 0 Å². The van der Waals surface area contributed by atoms with Gasteiger partial charge in [0.15, 0.2) is 0 Å². The largest absolute Gasteiger partial charge is 0.326 e. The van der Waals surface area contributed by atoms with E-state index in [1.54, 1.807) is 0 Å². The van der Waals surface area contributed by atoms with Gasteiger partial charge < -0.3 is 5.32 Å². The molecule has 0 aromatic heterocycles. The Morgan fingerprint density at radius 1 is 1.36 bits per heavy atom. The topological polar surface area (TPSA) is 29.1 Å². The van der Waals surface area contributed by atoms with Crippen LogP contribution < -0.4 is 5.32 Å². The van der Waals surface area contributed by atoms with Crippen LogP contribution in [0.2, 0.25) is 0 Å². The van der Waals surface area contributed by atoms with E-state index in [4.69, 9.17) is 0 Å². The summed E-state index contributed by atoms with van der Waals surface area (Å²) in [4.78, 5) is 11.4. The number of hydrogen-bond acceptors (Lipinski definition) is 1. The van der Waals surface area contributed by atoms with E-state index in [9.17, 15) is 4.79 Å². The minimum Gasteiger partial charge on any atom is -0.326 e. The van der Waals surface area contributed by atoms with Gasteiger partial charge in [-0.2, -0.15) is 0 Å². The monoisotopic (exact) mass is 255 g/mol. The van der Waals surface area contributed by atoms with E-state index in [0.29, 0.717) is 0 Å². The van der Waals surface area contributed by atoms with Gasteiger partial charge in [-0.25, -0.2) is 0 Å². The van der Waals surface area contributed by atoms with Gasteiger partial charge in [0, 0.05) is 16.1 Å². The summed E-state index contributed by atoms with van der Waals surface area (Å²) in [6, 6.07) is 5.85. The maximum Gasteiger partial charge on any atom is 0.226 e. The van der Waals surface area contributed by atoms with E-state index in [-0.39, 0.29) is 11.8 Å². The molecule has 1 aromatic rings. The minimum absolute atomic E-state index is 0.00860. The fraction of sp³-hybridized carbons (Fsp3) is 0.364. The van der Waals surface area contributed by atoms with Crippen LogP contribution in [0.15, 0.2) is 22.7 Å². The number of hydrogen-bond donors (Lipinski definition) is 1. The van der Waals surface area contributed by atoms with E-state index in [1.807, 2.05) is 39.0 Å². The number of aryl methyl sites for hydroxylation is 1. The molecule has 1 aromatic carbocycles. The summed E-state index contributed by atoms with van der Waals surface area (Å²) in [5.74, 6) is 0.0526. The highest BCUT2D eigenvalue weighted by Crippen LogP contribution is 2.19. The number of benzene rings is 1. The molecule has 0 unspecified atom stereocenters. The lowest BCUT2D eigenvalue weighted by Gasteiger charge is -2.08. The van der Waals surface area contributed by atoms with Crippen LogP contribution in [-0.4, -0.2) is 5.91 Å². The summed E-state index contributed by atoms with van der Waals surface area (Å²) >= 11 is 3.39. The van der Waals surface area contributed by atoms with E-state index >= 15 is 0 Å². The van der Waals surface area contributed by atoms with Gasteiger partial charge in [0.25, 0.3) is 0 Å². The van der Waals surface area contributed by atoms with Crippen LogP contribution >= 0.6 is 15.9 Å². The van der Waals surface area contributed by atoms with Gasteiger partial charge in [0.05, 0.1) is 0 Å². The maximum atomic E-state index is 11.4. The van der Waals surface area contributed by atoms with Crippen LogP contribution in [0.4, 0.5) is 5.69 Å². The van der Waals surface area contributed by atoms with Crippen molar-refractivity contribution in [2.45, 2.75) is 20.8 Å². The Bertz CT molecular complexity index is 327. The van der Waals surface area contributed by atoms with Crippen molar-refractivity contribution in [3.8, 4) is 0 Å². The van der Waals surface area contributed by atoms with Crippen LogP contribution in [-0.2, 0) is 4.79 Å². The van der Waals surface area contributed by atoms with E-state index in [0.717, 1.165) is 15.7 Å². The van der Waals surface area contributed by atoms with Gasteiger partial charge in [0.2, 0.25) is 5.91 Å². The highest BCUT2D eigenvalue weighted by molar-refractivity contribution is 9.10. The number of carbonyl (C=O) groups excluding carboxylic acids is 1. The predicted molar refractivity (Wildman–Crippen MR) is 62.3 cm³/mol. The lowest BCUT2D eigenvalue weighted by molar-refractivity contribution is -0.118. The number of carbonyl (C=O) groups is 1. The molecule has 0 spiro atoms. The highest BCUT2D eigenvalue weighted by atomic mass is 79.9. The van der Waals surface area contributed by atoms with Crippen molar-refractivity contribution < 1.29 is 4.79 Å². The molecule has 14 heavy (non-hydrogen) atoms. The van der Waals surface area contributed by atoms with Gasteiger partial charge in [-0.3, -0.25) is 4.79 Å². The Hall–Kier alpha value is -0.830. The Kier molecular flexibility index (Phi) is 3.69. The summed E-state index contributed by atoms with van der Waals surface area (Å²) in [5.41, 5.74) is 1.97. The zero-order valence-electron chi connectivity index (χ0n) is 8.60. The Morgan fingerprint density at radius 3 is 2.50 bits per heavy atom. The van der Waals surface area contributed by atoms with Crippen LogP contribution in [0.3, 0.4) is 0 Å². The van der Waals surface area contributed by atoms with E-state index in [2.05, 4.69) is 21.2 Å². The minimum atomic E-state index is 0.00860. The summed E-state index contributed by atoms with van der Waals surface area (Å²) in [6.45, 7) is 5.75. The average Bonchev–Trinajstić information content (AvgIpc) is 2.01. The molecule has 1 N–H and O–H groups in total. The summed E-state index contributed by atoms with van der Waals surface area (Å²) in [7, 11) is 0. The second kappa shape index (κ2) is 4.60. The lowest BCUT2D eigenvalue weighted by atomic mass is 10.2. The first kappa shape index (κ1) is 11.2. The number of amides is 1. The van der Waals surface area contributed by atoms with Crippen molar-refractivity contribution in [2.75, 3.05) is 5.32 Å². The molecule has 3 heteroatoms. The second-order valence-corrected chi connectivity index (χ2v) is 4.58. The first-order valence-corrected chi connectivity index (χ1v) is 5.36. The molecular weight excluding hydrogens is 242 g/mol. The van der Waals surface area contributed by atoms with E-state index < -0.39 is 0 Å². The SMILES string of the molecule is Cc1cc(Br)cc(NC(=O)C(C)C)c1. The third-order valence-corrected chi connectivity index (χ3v) is 2.29. The zero-order chi connectivity index (χ0) is 10.7. The molecule has 0 saturated carbocycles. The first-order chi connectivity index (χ1) is 6.49. The Balaban J connectivity index is 2.82. The molecule has 76 valence electrons. The predicted octanol–water partition coefficient (Wildman–Crippen LogP) is 3.35. The third-order valence-electron chi connectivity index (χ3n) is 1.83. The average molecular weight is 256 g/mol. The number of rotatable bonds is 2. The van der Waals surface area contributed by atoms with Crippen LogP contribution in [0.5, 0.6) is 0 Å². The second-order valence-electron chi connectivity index (χ2n) is 3.66. The quantitative estimate of drug-likeness (QED) is 0.863. The number of halogens is 1. The van der Waals surface area contributed by atoms with Gasteiger partial charge in [-0.05, 0) is 30.7 Å². The number of anilines is 1. The Morgan fingerprint density at radius 2 is 2.00 bits per heavy atom. The molecule has 0 radical (unpaired) electrons. The molecular formula is C11H14BrNO. The van der Waals surface area contributed by atoms with Crippen molar-refractivity contribution in [1.82, 2.24) is 0 Å². The number of nitrogens with one attached hydrogen (secondary N) is 1. The van der Waals surface area contributed by atoms with Crippen molar-refractivity contribution >= 4 is 27.5 Å². The van der Waals surface area contributed by atoms with Gasteiger partial charge in [-0.15, -0.1) is 0 Å². The molecule has 0 fully saturated rings. The zero-order valence-corrected chi connectivity index (χ0v) is 10.2. The molecule has 0 aliphatic carbocycles. The summed E-state index contributed by atoms with van der Waals surface area (Å²) < 4.78 is 0.983. The molecule has 0 saturated heterocycles. The fourth-order valence-corrected chi connectivity index (χ4v) is 1.70. The molecule has 1 amide bonds. The molecule has 0 aliphatic rings. The van der Waals surface area contributed by atoms with Crippen LogP contribution in [0.25, 0.3) is 0 Å². The van der Waals surface area contributed by atoms with Gasteiger partial charge >= 0.3 is 0 Å². The Labute approximate surface area is 92.8 Å². The molecule has 0 heterocycles. The van der Waals surface area contributed by atoms with Crippen molar-refractivity contribution in [2.24, 2.45) is 5.92 Å². The van der Waals surface area contributed by atoms with Crippen LogP contribution in [0, 0.1) is 12.8 Å². The van der Waals surface area contributed by atoms with Crippen molar-refractivity contribution in [1.29, 1.82) is 0 Å². The normalized spacial score (nSPS) is 10.4. The molecule has 1 rings (SSSR count). The standard InChI is InChI=1S/C11H14BrNO/c1-7(2)11(14)13-10-5-8(3)4-9(12)6-10/h4-7H,1-3H3,(H,13,14). The molecule has 2 nitrogen and oxygen atoms in total. The summed E-state index contributed by atoms with van der Waals surface area (Å²) in [6.07, 6.45) is 0. The lowest BCUT2D eigenvalue weighted by Crippen LogP contribution is -2.17. The van der Waals surface area contributed by atoms with Gasteiger partial charge in [-0.1, -0.05) is 29.8 Å². The van der Waals surface area contributed by atoms with Crippen molar-refractivity contribution in [3.05, 3.63) is 28.2 Å². The smallest absolute Gasteiger partial charge is 0.226 e. The van der Waals surface area contributed by atoms with Crippen molar-refractivity contribution in [3.63, 3.8) is 0 Å². The molecule has 0 bridgehead atoms.